The second-order valence-corrected chi connectivity index (χ2v) is 7.43. The van der Waals surface area contributed by atoms with E-state index in [-0.39, 0.29) is 5.56 Å². The lowest BCUT2D eigenvalue weighted by Crippen LogP contribution is -2.48. The van der Waals surface area contributed by atoms with Gasteiger partial charge in [-0.1, -0.05) is 0 Å². The molecule has 28 heavy (non-hydrogen) atoms. The molecule has 144 valence electrons. The lowest BCUT2D eigenvalue weighted by atomic mass is 10.2. The molecule has 0 aromatic carbocycles. The van der Waals surface area contributed by atoms with Crippen molar-refractivity contribution in [2.24, 2.45) is 0 Å². The Bertz CT molecular complexity index is 1060. The Kier molecular flexibility index (Phi) is 4.48. The molecule has 8 nitrogen and oxygen atoms in total. The van der Waals surface area contributed by atoms with Crippen LogP contribution in [-0.2, 0) is 19.4 Å². The molecule has 0 radical (unpaired) electrons. The van der Waals surface area contributed by atoms with Crippen LogP contribution in [0.2, 0.25) is 0 Å². The zero-order chi connectivity index (χ0) is 18.9. The Morgan fingerprint density at radius 3 is 2.71 bits per heavy atom. The first-order valence-electron chi connectivity index (χ1n) is 9.91. The standard InChI is InChI=1S/C20H23N7O/c28-19-14-15-2-1-3-16(15)24-27(19)13-10-25-8-11-26(12-9-25)18-5-4-17-20(23-18)22-7-6-21-17/h4-7,14H,1-3,8-13H2. The highest BCUT2D eigenvalue weighted by molar-refractivity contribution is 5.71. The molecule has 0 spiro atoms. The Balaban J connectivity index is 1.20. The van der Waals surface area contributed by atoms with E-state index in [9.17, 15) is 4.79 Å². The first kappa shape index (κ1) is 17.2. The first-order valence-corrected chi connectivity index (χ1v) is 9.91. The van der Waals surface area contributed by atoms with Gasteiger partial charge in [0.2, 0.25) is 0 Å². The van der Waals surface area contributed by atoms with Gasteiger partial charge in [-0.3, -0.25) is 14.7 Å². The summed E-state index contributed by atoms with van der Waals surface area (Å²) in [7, 11) is 0. The molecule has 1 fully saturated rings. The van der Waals surface area contributed by atoms with Crippen molar-refractivity contribution in [3.8, 4) is 0 Å². The van der Waals surface area contributed by atoms with Gasteiger partial charge >= 0.3 is 0 Å². The van der Waals surface area contributed by atoms with Crippen molar-refractivity contribution in [3.05, 3.63) is 52.2 Å². The maximum Gasteiger partial charge on any atom is 0.267 e. The van der Waals surface area contributed by atoms with Crippen molar-refractivity contribution >= 4 is 17.0 Å². The number of hydrogen-bond acceptors (Lipinski definition) is 7. The maximum atomic E-state index is 12.3. The normalized spacial score (nSPS) is 17.2. The third-order valence-electron chi connectivity index (χ3n) is 5.67. The number of hydrogen-bond donors (Lipinski definition) is 0. The molecule has 2 aliphatic rings. The molecule has 1 saturated heterocycles. The van der Waals surface area contributed by atoms with Crippen molar-refractivity contribution in [3.63, 3.8) is 0 Å². The van der Waals surface area contributed by atoms with Crippen molar-refractivity contribution in [2.75, 3.05) is 37.6 Å². The van der Waals surface area contributed by atoms with E-state index in [1.165, 1.54) is 0 Å². The van der Waals surface area contributed by atoms with Crippen LogP contribution in [0.1, 0.15) is 17.7 Å². The van der Waals surface area contributed by atoms with Crippen molar-refractivity contribution in [1.82, 2.24) is 29.6 Å². The molecule has 0 atom stereocenters. The van der Waals surface area contributed by atoms with Crippen LogP contribution in [0.3, 0.4) is 0 Å². The number of anilines is 1. The molecular formula is C20H23N7O. The van der Waals surface area contributed by atoms with Crippen LogP contribution in [0.25, 0.3) is 11.2 Å². The minimum absolute atomic E-state index is 0.0285. The summed E-state index contributed by atoms with van der Waals surface area (Å²) < 4.78 is 1.64. The van der Waals surface area contributed by atoms with Gasteiger partial charge in [0.05, 0.1) is 12.2 Å². The smallest absolute Gasteiger partial charge is 0.267 e. The van der Waals surface area contributed by atoms with Gasteiger partial charge in [0.15, 0.2) is 5.65 Å². The van der Waals surface area contributed by atoms with Crippen molar-refractivity contribution in [1.29, 1.82) is 0 Å². The maximum absolute atomic E-state index is 12.3. The number of pyridine rings is 1. The second-order valence-electron chi connectivity index (χ2n) is 7.43. The lowest BCUT2D eigenvalue weighted by Gasteiger charge is -2.35. The zero-order valence-corrected chi connectivity index (χ0v) is 15.8. The predicted octanol–water partition coefficient (Wildman–Crippen LogP) is 0.892. The molecule has 0 bridgehead atoms. The third-order valence-corrected chi connectivity index (χ3v) is 5.67. The number of aromatic nitrogens is 5. The average Bonchev–Trinajstić information content (AvgIpc) is 3.19. The van der Waals surface area contributed by atoms with Crippen LogP contribution in [0.4, 0.5) is 5.82 Å². The van der Waals surface area contributed by atoms with Gasteiger partial charge in [-0.2, -0.15) is 5.10 Å². The van der Waals surface area contributed by atoms with E-state index in [0.717, 1.165) is 74.6 Å². The van der Waals surface area contributed by atoms with Crippen molar-refractivity contribution in [2.45, 2.75) is 25.8 Å². The van der Waals surface area contributed by atoms with Gasteiger partial charge in [-0.05, 0) is 37.0 Å². The van der Waals surface area contributed by atoms with E-state index >= 15 is 0 Å². The minimum atomic E-state index is 0.0285. The summed E-state index contributed by atoms with van der Waals surface area (Å²) in [5.41, 5.74) is 3.78. The van der Waals surface area contributed by atoms with Crippen LogP contribution >= 0.6 is 0 Å². The van der Waals surface area contributed by atoms with Crippen LogP contribution in [0, 0.1) is 0 Å². The number of piperazine rings is 1. The fraction of sp³-hybridized carbons (Fsp3) is 0.450. The highest BCUT2D eigenvalue weighted by Crippen LogP contribution is 2.18. The van der Waals surface area contributed by atoms with E-state index in [2.05, 4.69) is 29.9 Å². The van der Waals surface area contributed by atoms with Gasteiger partial charge < -0.3 is 4.90 Å². The van der Waals surface area contributed by atoms with Crippen LogP contribution in [-0.4, -0.2) is 62.4 Å². The Labute approximate surface area is 162 Å². The lowest BCUT2D eigenvalue weighted by molar-refractivity contribution is 0.242. The molecule has 0 amide bonds. The number of aryl methyl sites for hydroxylation is 2. The summed E-state index contributed by atoms with van der Waals surface area (Å²) in [5, 5.41) is 4.57. The van der Waals surface area contributed by atoms with Gasteiger partial charge in [0, 0.05) is 51.2 Å². The quantitative estimate of drug-likeness (QED) is 0.668. The largest absolute Gasteiger partial charge is 0.354 e. The predicted molar refractivity (Wildman–Crippen MR) is 107 cm³/mol. The Morgan fingerprint density at radius 2 is 1.82 bits per heavy atom. The summed E-state index contributed by atoms with van der Waals surface area (Å²) in [6.07, 6.45) is 6.46. The molecule has 0 unspecified atom stereocenters. The SMILES string of the molecule is O=c1cc2c(nn1CCN1CCN(c3ccc4nccnc4n3)CC1)CCC2. The first-order chi connectivity index (χ1) is 13.8. The summed E-state index contributed by atoms with van der Waals surface area (Å²) in [4.78, 5) is 30.1. The van der Waals surface area contributed by atoms with Gasteiger partial charge in [0.1, 0.15) is 11.3 Å². The van der Waals surface area contributed by atoms with E-state index in [1.807, 2.05) is 12.1 Å². The molecule has 3 aromatic rings. The topological polar surface area (TPSA) is 80.0 Å². The zero-order valence-electron chi connectivity index (χ0n) is 15.8. The molecule has 8 heteroatoms. The molecule has 0 saturated carbocycles. The van der Waals surface area contributed by atoms with E-state index in [1.54, 1.807) is 23.1 Å². The molecule has 3 aromatic heterocycles. The van der Waals surface area contributed by atoms with E-state index in [0.29, 0.717) is 12.2 Å². The van der Waals surface area contributed by atoms with Gasteiger partial charge in [-0.15, -0.1) is 0 Å². The molecule has 1 aliphatic carbocycles. The molecule has 1 aliphatic heterocycles. The third kappa shape index (κ3) is 3.35. The summed E-state index contributed by atoms with van der Waals surface area (Å²) in [6.45, 7) is 5.20. The van der Waals surface area contributed by atoms with Crippen LogP contribution in [0.5, 0.6) is 0 Å². The minimum Gasteiger partial charge on any atom is -0.354 e. The van der Waals surface area contributed by atoms with Crippen LogP contribution in [0.15, 0.2) is 35.4 Å². The number of nitrogens with zero attached hydrogens (tertiary/aromatic N) is 7. The molecule has 0 N–H and O–H groups in total. The highest BCUT2D eigenvalue weighted by atomic mass is 16.1. The molecule has 5 rings (SSSR count). The van der Waals surface area contributed by atoms with E-state index < -0.39 is 0 Å². The highest BCUT2D eigenvalue weighted by Gasteiger charge is 2.19. The number of fused-ring (bicyclic) bond motifs is 2. The monoisotopic (exact) mass is 377 g/mol. The average molecular weight is 377 g/mol. The summed E-state index contributed by atoms with van der Waals surface area (Å²) >= 11 is 0. The fourth-order valence-electron chi connectivity index (χ4n) is 4.06. The van der Waals surface area contributed by atoms with Crippen molar-refractivity contribution < 1.29 is 0 Å². The summed E-state index contributed by atoms with van der Waals surface area (Å²) in [6, 6.07) is 5.77. The fourth-order valence-corrected chi connectivity index (χ4v) is 4.06. The van der Waals surface area contributed by atoms with Gasteiger partial charge in [0.25, 0.3) is 5.56 Å². The second kappa shape index (κ2) is 7.27. The molecular weight excluding hydrogens is 354 g/mol. The summed E-state index contributed by atoms with van der Waals surface area (Å²) in [5.74, 6) is 0.948. The number of rotatable bonds is 4. The van der Waals surface area contributed by atoms with Gasteiger partial charge in [-0.25, -0.2) is 14.6 Å². The Hall–Kier alpha value is -2.87. The van der Waals surface area contributed by atoms with Crippen LogP contribution < -0.4 is 10.5 Å². The molecule has 4 heterocycles. The Morgan fingerprint density at radius 1 is 0.964 bits per heavy atom. The van der Waals surface area contributed by atoms with E-state index in [4.69, 9.17) is 0 Å².